The molecule has 0 radical (unpaired) electrons. The van der Waals surface area contributed by atoms with Crippen LogP contribution in [-0.4, -0.2) is 38.4 Å². The smallest absolute Gasteiger partial charge is 0.341 e. The molecule has 0 amide bonds. The lowest BCUT2D eigenvalue weighted by Gasteiger charge is -2.30. The van der Waals surface area contributed by atoms with Gasteiger partial charge in [0, 0.05) is 18.8 Å². The fourth-order valence-electron chi connectivity index (χ4n) is 3.31. The van der Waals surface area contributed by atoms with Crippen molar-refractivity contribution in [2.24, 2.45) is 5.92 Å². The molecule has 1 atom stereocenters. The second kappa shape index (κ2) is 8.79. The van der Waals surface area contributed by atoms with Crippen molar-refractivity contribution in [1.29, 1.82) is 0 Å². The van der Waals surface area contributed by atoms with E-state index in [2.05, 4.69) is 12.2 Å². The number of carbonyl (C=O) groups is 1. The fraction of sp³-hybridized carbons (Fsp3) is 0.450. The lowest BCUT2D eigenvalue weighted by atomic mass is 10.0. The van der Waals surface area contributed by atoms with Crippen molar-refractivity contribution in [3.05, 3.63) is 47.9 Å². The first kappa shape index (κ1) is 20.4. The largest absolute Gasteiger partial charge is 0.467 e. The summed E-state index contributed by atoms with van der Waals surface area (Å²) in [5.74, 6) is 0.425. The van der Waals surface area contributed by atoms with Gasteiger partial charge in [-0.25, -0.2) is 13.2 Å². The summed E-state index contributed by atoms with van der Waals surface area (Å²) in [4.78, 5) is 12.2. The van der Waals surface area contributed by atoms with Crippen LogP contribution in [0.2, 0.25) is 0 Å². The lowest BCUT2D eigenvalue weighted by molar-refractivity contribution is 0.0524. The number of nitrogens with zero attached hydrogens (tertiary/aromatic N) is 1. The predicted molar refractivity (Wildman–Crippen MR) is 106 cm³/mol. The lowest BCUT2D eigenvalue weighted by Crippen LogP contribution is -2.39. The van der Waals surface area contributed by atoms with Crippen LogP contribution >= 0.6 is 0 Å². The van der Waals surface area contributed by atoms with E-state index < -0.39 is 16.0 Å². The molecule has 1 aromatic heterocycles. The molecule has 3 rings (SSSR count). The van der Waals surface area contributed by atoms with Gasteiger partial charge in [0.15, 0.2) is 0 Å². The van der Waals surface area contributed by atoms with Gasteiger partial charge in [0.25, 0.3) is 0 Å². The minimum Gasteiger partial charge on any atom is -0.467 e. The summed E-state index contributed by atoms with van der Waals surface area (Å²) in [5.41, 5.74) is 1.12. The van der Waals surface area contributed by atoms with Gasteiger partial charge in [-0.2, -0.15) is 4.31 Å². The first-order chi connectivity index (χ1) is 13.4. The number of carbonyl (C=O) groups excluding carboxylic acids is 1. The quantitative estimate of drug-likeness (QED) is 0.708. The normalized spacial score (nSPS) is 18.0. The Morgan fingerprint density at radius 2 is 2.04 bits per heavy atom. The van der Waals surface area contributed by atoms with Gasteiger partial charge in [-0.15, -0.1) is 0 Å². The molecule has 152 valence electrons. The molecule has 1 aliphatic rings. The highest BCUT2D eigenvalue weighted by atomic mass is 32.2. The summed E-state index contributed by atoms with van der Waals surface area (Å²) >= 11 is 0. The summed E-state index contributed by atoms with van der Waals surface area (Å²) in [5, 5.41) is 3.14. The van der Waals surface area contributed by atoms with E-state index in [0.717, 1.165) is 18.5 Å². The zero-order valence-corrected chi connectivity index (χ0v) is 17.0. The number of furan rings is 1. The summed E-state index contributed by atoms with van der Waals surface area (Å²) in [6.45, 7) is 5.54. The Kier molecular flexibility index (Phi) is 6.41. The van der Waals surface area contributed by atoms with Crippen LogP contribution < -0.4 is 5.32 Å². The number of hydrogen-bond donors (Lipinski definition) is 1. The van der Waals surface area contributed by atoms with E-state index in [-0.39, 0.29) is 11.4 Å². The minimum absolute atomic E-state index is 0.289. The Bertz CT molecular complexity index is 905. The molecule has 1 saturated heterocycles. The molecule has 2 aromatic rings. The van der Waals surface area contributed by atoms with Gasteiger partial charge in [0.2, 0.25) is 10.0 Å². The topological polar surface area (TPSA) is 88.8 Å². The standard InChI is InChI=1S/C20H26N2O5S/c1-3-26-20(23)18-10-12-27-19(18)13-21-16-6-8-17(9-7-16)28(24,25)22-11-4-5-15(2)14-22/h6-10,12,15,21H,3-5,11,13-14H2,1-2H3. The monoisotopic (exact) mass is 406 g/mol. The Balaban J connectivity index is 1.65. The van der Waals surface area contributed by atoms with Gasteiger partial charge in [0.05, 0.1) is 24.3 Å². The number of piperidine rings is 1. The average molecular weight is 407 g/mol. The van der Waals surface area contributed by atoms with Gasteiger partial charge in [-0.05, 0) is 56.0 Å². The average Bonchev–Trinajstić information content (AvgIpc) is 3.16. The van der Waals surface area contributed by atoms with Gasteiger partial charge >= 0.3 is 5.97 Å². The number of benzene rings is 1. The first-order valence-corrected chi connectivity index (χ1v) is 10.9. The molecule has 7 nitrogen and oxygen atoms in total. The van der Waals surface area contributed by atoms with Crippen LogP contribution in [0.15, 0.2) is 45.9 Å². The maximum atomic E-state index is 12.8. The SMILES string of the molecule is CCOC(=O)c1ccoc1CNc1ccc(S(=O)(=O)N2CCCC(C)C2)cc1. The molecular weight excluding hydrogens is 380 g/mol. The van der Waals surface area contributed by atoms with E-state index in [1.54, 1.807) is 41.6 Å². The van der Waals surface area contributed by atoms with Crippen LogP contribution in [0.1, 0.15) is 42.8 Å². The third kappa shape index (κ3) is 4.56. The molecule has 1 N–H and O–H groups in total. The Morgan fingerprint density at radius 1 is 1.29 bits per heavy atom. The molecule has 1 aliphatic heterocycles. The fourth-order valence-corrected chi connectivity index (χ4v) is 4.91. The van der Waals surface area contributed by atoms with Crippen molar-refractivity contribution in [1.82, 2.24) is 4.31 Å². The number of nitrogens with one attached hydrogen (secondary N) is 1. The Labute approximate surface area is 165 Å². The van der Waals surface area contributed by atoms with E-state index in [4.69, 9.17) is 9.15 Å². The highest BCUT2D eigenvalue weighted by molar-refractivity contribution is 7.89. The van der Waals surface area contributed by atoms with Crippen molar-refractivity contribution in [3.8, 4) is 0 Å². The molecule has 2 heterocycles. The number of esters is 1. The van der Waals surface area contributed by atoms with Crippen LogP contribution in [0.4, 0.5) is 5.69 Å². The van der Waals surface area contributed by atoms with Gasteiger partial charge in [-0.3, -0.25) is 0 Å². The molecule has 0 saturated carbocycles. The Morgan fingerprint density at radius 3 is 2.71 bits per heavy atom. The van der Waals surface area contributed by atoms with Gasteiger partial charge in [-0.1, -0.05) is 6.92 Å². The molecule has 1 aromatic carbocycles. The summed E-state index contributed by atoms with van der Waals surface area (Å²) in [6, 6.07) is 8.21. The van der Waals surface area contributed by atoms with Crippen molar-refractivity contribution in [2.45, 2.75) is 38.1 Å². The van der Waals surface area contributed by atoms with E-state index in [1.165, 1.54) is 6.26 Å². The van der Waals surface area contributed by atoms with E-state index >= 15 is 0 Å². The maximum Gasteiger partial charge on any atom is 0.341 e. The molecule has 0 bridgehead atoms. The van der Waals surface area contributed by atoms with E-state index in [9.17, 15) is 13.2 Å². The molecular formula is C20H26N2O5S. The van der Waals surface area contributed by atoms with Crippen molar-refractivity contribution >= 4 is 21.7 Å². The van der Waals surface area contributed by atoms with Crippen LogP contribution in [0.5, 0.6) is 0 Å². The molecule has 0 aliphatic carbocycles. The number of ether oxygens (including phenoxy) is 1. The maximum absolute atomic E-state index is 12.8. The molecule has 8 heteroatoms. The molecule has 28 heavy (non-hydrogen) atoms. The zero-order valence-electron chi connectivity index (χ0n) is 16.2. The Hall–Kier alpha value is -2.32. The van der Waals surface area contributed by atoms with E-state index in [0.29, 0.717) is 36.9 Å². The van der Waals surface area contributed by atoms with Crippen LogP contribution in [0.3, 0.4) is 0 Å². The zero-order chi connectivity index (χ0) is 20.1. The third-order valence-electron chi connectivity index (χ3n) is 4.81. The van der Waals surface area contributed by atoms with Crippen molar-refractivity contribution < 1.29 is 22.4 Å². The van der Waals surface area contributed by atoms with Gasteiger partial charge < -0.3 is 14.5 Å². The van der Waals surface area contributed by atoms with Gasteiger partial charge in [0.1, 0.15) is 11.3 Å². The predicted octanol–water partition coefficient (Wildman–Crippen LogP) is 3.49. The molecule has 1 unspecified atom stereocenters. The van der Waals surface area contributed by atoms with Crippen LogP contribution in [0, 0.1) is 5.92 Å². The summed E-state index contributed by atoms with van der Waals surface area (Å²) < 4.78 is 37.5. The summed E-state index contributed by atoms with van der Waals surface area (Å²) in [7, 11) is -3.47. The number of anilines is 1. The van der Waals surface area contributed by atoms with Crippen LogP contribution in [-0.2, 0) is 21.3 Å². The van der Waals surface area contributed by atoms with Crippen molar-refractivity contribution in [3.63, 3.8) is 0 Å². The highest BCUT2D eigenvalue weighted by Crippen LogP contribution is 2.24. The summed E-state index contributed by atoms with van der Waals surface area (Å²) in [6.07, 6.45) is 3.40. The first-order valence-electron chi connectivity index (χ1n) is 9.49. The van der Waals surface area contributed by atoms with Crippen LogP contribution in [0.25, 0.3) is 0 Å². The number of hydrogen-bond acceptors (Lipinski definition) is 6. The number of sulfonamides is 1. The van der Waals surface area contributed by atoms with E-state index in [1.807, 2.05) is 0 Å². The van der Waals surface area contributed by atoms with Crippen molar-refractivity contribution in [2.75, 3.05) is 25.0 Å². The second-order valence-corrected chi connectivity index (χ2v) is 8.90. The molecule has 1 fully saturated rings. The third-order valence-corrected chi connectivity index (χ3v) is 6.69. The highest BCUT2D eigenvalue weighted by Gasteiger charge is 2.28. The second-order valence-electron chi connectivity index (χ2n) is 6.97. The molecule has 0 spiro atoms. The number of rotatable bonds is 7. The minimum atomic E-state index is -3.47.